The van der Waals surface area contributed by atoms with Gasteiger partial charge >= 0.3 is 0 Å². The first kappa shape index (κ1) is 13.9. The highest BCUT2D eigenvalue weighted by Crippen LogP contribution is 2.15. The summed E-state index contributed by atoms with van der Waals surface area (Å²) in [6, 6.07) is 0. The summed E-state index contributed by atoms with van der Waals surface area (Å²) >= 11 is 0. The van der Waals surface area contributed by atoms with E-state index in [0.29, 0.717) is 19.5 Å². The van der Waals surface area contributed by atoms with Crippen molar-refractivity contribution in [3.05, 3.63) is 0 Å². The van der Waals surface area contributed by atoms with Gasteiger partial charge in [0, 0.05) is 13.1 Å². The summed E-state index contributed by atoms with van der Waals surface area (Å²) in [5, 5.41) is 22.7. The minimum Gasteiger partial charge on any atom is -0.389 e. The van der Waals surface area contributed by atoms with Gasteiger partial charge in [0.1, 0.15) is 0 Å². The Balaban J connectivity index is 3.85. The molecule has 14 heavy (non-hydrogen) atoms. The molecule has 0 radical (unpaired) electrons. The SMILES string of the molecule is CCC(C)(O)CNCC(C)(O)C(C)C. The van der Waals surface area contributed by atoms with Gasteiger partial charge in [0.25, 0.3) is 0 Å². The van der Waals surface area contributed by atoms with Crippen molar-refractivity contribution in [2.45, 2.75) is 52.2 Å². The van der Waals surface area contributed by atoms with Crippen molar-refractivity contribution in [2.75, 3.05) is 13.1 Å². The van der Waals surface area contributed by atoms with E-state index in [9.17, 15) is 10.2 Å². The van der Waals surface area contributed by atoms with Gasteiger partial charge in [-0.05, 0) is 26.2 Å². The molecule has 0 aliphatic carbocycles. The van der Waals surface area contributed by atoms with E-state index in [0.717, 1.165) is 0 Å². The second-order valence-corrected chi connectivity index (χ2v) is 4.97. The van der Waals surface area contributed by atoms with Crippen molar-refractivity contribution in [3.63, 3.8) is 0 Å². The lowest BCUT2D eigenvalue weighted by Gasteiger charge is -2.30. The van der Waals surface area contributed by atoms with Gasteiger partial charge in [-0.2, -0.15) is 0 Å². The summed E-state index contributed by atoms with van der Waals surface area (Å²) in [5.74, 6) is 0.210. The molecule has 0 aromatic rings. The number of nitrogens with one attached hydrogen (secondary N) is 1. The van der Waals surface area contributed by atoms with E-state index in [1.165, 1.54) is 0 Å². The first-order valence-electron chi connectivity index (χ1n) is 5.37. The first-order chi connectivity index (χ1) is 6.21. The van der Waals surface area contributed by atoms with Crippen molar-refractivity contribution < 1.29 is 10.2 Å². The van der Waals surface area contributed by atoms with Gasteiger partial charge in [-0.1, -0.05) is 20.8 Å². The number of aliphatic hydroxyl groups is 2. The van der Waals surface area contributed by atoms with Crippen LogP contribution < -0.4 is 5.32 Å². The average molecular weight is 203 g/mol. The second kappa shape index (κ2) is 5.10. The molecule has 0 amide bonds. The molecule has 0 saturated carbocycles. The van der Waals surface area contributed by atoms with Gasteiger partial charge in [0.2, 0.25) is 0 Å². The predicted octanol–water partition coefficient (Wildman–Crippen LogP) is 1.14. The third-order valence-electron chi connectivity index (χ3n) is 2.99. The highest BCUT2D eigenvalue weighted by atomic mass is 16.3. The summed E-state index contributed by atoms with van der Waals surface area (Å²) in [5.41, 5.74) is -1.38. The van der Waals surface area contributed by atoms with Crippen LogP contribution in [0.25, 0.3) is 0 Å². The van der Waals surface area contributed by atoms with Gasteiger partial charge in [-0.25, -0.2) is 0 Å². The normalized spacial score (nSPS) is 20.6. The first-order valence-corrected chi connectivity index (χ1v) is 5.37. The summed E-state index contributed by atoms with van der Waals surface area (Å²) in [6.45, 7) is 10.6. The maximum absolute atomic E-state index is 9.92. The zero-order valence-corrected chi connectivity index (χ0v) is 10.1. The molecular formula is C11H25NO2. The zero-order chi connectivity index (χ0) is 11.4. The number of hydrogen-bond acceptors (Lipinski definition) is 3. The van der Waals surface area contributed by atoms with Crippen molar-refractivity contribution in [1.82, 2.24) is 5.32 Å². The van der Waals surface area contributed by atoms with Crippen LogP contribution >= 0.6 is 0 Å². The summed E-state index contributed by atoms with van der Waals surface area (Å²) in [6.07, 6.45) is 0.712. The molecule has 2 unspecified atom stereocenters. The predicted molar refractivity (Wildman–Crippen MR) is 59.2 cm³/mol. The molecule has 0 fully saturated rings. The lowest BCUT2D eigenvalue weighted by molar-refractivity contribution is 0.00304. The summed E-state index contributed by atoms with van der Waals surface area (Å²) in [4.78, 5) is 0. The van der Waals surface area contributed by atoms with Crippen molar-refractivity contribution >= 4 is 0 Å². The van der Waals surface area contributed by atoms with Crippen LogP contribution in [0.1, 0.15) is 41.0 Å². The Labute approximate surface area is 87.5 Å². The molecular weight excluding hydrogens is 178 g/mol. The highest BCUT2D eigenvalue weighted by molar-refractivity contribution is 4.81. The van der Waals surface area contributed by atoms with E-state index >= 15 is 0 Å². The molecule has 0 rings (SSSR count). The van der Waals surface area contributed by atoms with Crippen LogP contribution in [0.5, 0.6) is 0 Å². The highest BCUT2D eigenvalue weighted by Gasteiger charge is 2.25. The van der Waals surface area contributed by atoms with Crippen LogP contribution in [0, 0.1) is 5.92 Å². The van der Waals surface area contributed by atoms with Gasteiger partial charge < -0.3 is 15.5 Å². The van der Waals surface area contributed by atoms with Crippen LogP contribution in [-0.2, 0) is 0 Å². The van der Waals surface area contributed by atoms with Gasteiger partial charge in [0.05, 0.1) is 11.2 Å². The van der Waals surface area contributed by atoms with Crippen LogP contribution in [0.3, 0.4) is 0 Å². The molecule has 3 N–H and O–H groups in total. The van der Waals surface area contributed by atoms with E-state index in [1.54, 1.807) is 6.92 Å². The maximum Gasteiger partial charge on any atom is 0.0766 e. The molecule has 0 aliphatic heterocycles. The Bertz CT molecular complexity index is 165. The van der Waals surface area contributed by atoms with E-state index in [-0.39, 0.29) is 5.92 Å². The van der Waals surface area contributed by atoms with Crippen molar-refractivity contribution in [1.29, 1.82) is 0 Å². The largest absolute Gasteiger partial charge is 0.389 e. The number of hydrogen-bond donors (Lipinski definition) is 3. The second-order valence-electron chi connectivity index (χ2n) is 4.97. The standard InChI is InChI=1S/C11H25NO2/c1-6-10(4,13)7-12-8-11(5,14)9(2)3/h9,12-14H,6-8H2,1-5H3. The van der Waals surface area contributed by atoms with Crippen molar-refractivity contribution in [3.8, 4) is 0 Å². The van der Waals surface area contributed by atoms with Crippen LogP contribution in [0.15, 0.2) is 0 Å². The summed E-state index contributed by atoms with van der Waals surface area (Å²) in [7, 11) is 0. The van der Waals surface area contributed by atoms with Crippen molar-refractivity contribution in [2.24, 2.45) is 5.92 Å². The molecule has 0 aromatic heterocycles. The molecule has 2 atom stereocenters. The fourth-order valence-corrected chi connectivity index (χ4v) is 0.914. The maximum atomic E-state index is 9.92. The topological polar surface area (TPSA) is 52.5 Å². The Kier molecular flexibility index (Phi) is 5.06. The van der Waals surface area contributed by atoms with Gasteiger partial charge in [-0.3, -0.25) is 0 Å². The Morgan fingerprint density at radius 1 is 1.14 bits per heavy atom. The Hall–Kier alpha value is -0.120. The molecule has 0 spiro atoms. The fourth-order valence-electron chi connectivity index (χ4n) is 0.914. The minimum atomic E-state index is -0.705. The Morgan fingerprint density at radius 3 is 2.00 bits per heavy atom. The monoisotopic (exact) mass is 203 g/mol. The number of rotatable bonds is 6. The Morgan fingerprint density at radius 2 is 1.64 bits per heavy atom. The molecule has 0 saturated heterocycles. The van der Waals surface area contributed by atoms with Crippen LogP contribution in [0.2, 0.25) is 0 Å². The third kappa shape index (κ3) is 4.94. The zero-order valence-electron chi connectivity index (χ0n) is 10.1. The van der Waals surface area contributed by atoms with Crippen LogP contribution in [0.4, 0.5) is 0 Å². The van der Waals surface area contributed by atoms with Gasteiger partial charge in [0.15, 0.2) is 0 Å². The van der Waals surface area contributed by atoms with Crippen LogP contribution in [-0.4, -0.2) is 34.5 Å². The smallest absolute Gasteiger partial charge is 0.0766 e. The lowest BCUT2D eigenvalue weighted by atomic mass is 9.92. The molecule has 0 heterocycles. The molecule has 3 nitrogen and oxygen atoms in total. The molecule has 0 aromatic carbocycles. The molecule has 0 aliphatic rings. The lowest BCUT2D eigenvalue weighted by Crippen LogP contribution is -2.46. The molecule has 3 heteroatoms. The molecule has 86 valence electrons. The van der Waals surface area contributed by atoms with E-state index in [2.05, 4.69) is 5.32 Å². The van der Waals surface area contributed by atoms with E-state index in [1.807, 2.05) is 27.7 Å². The quantitative estimate of drug-likeness (QED) is 0.607. The molecule has 0 bridgehead atoms. The minimum absolute atomic E-state index is 0.210. The van der Waals surface area contributed by atoms with E-state index in [4.69, 9.17) is 0 Å². The summed E-state index contributed by atoms with van der Waals surface area (Å²) < 4.78 is 0. The van der Waals surface area contributed by atoms with E-state index < -0.39 is 11.2 Å². The fraction of sp³-hybridized carbons (Fsp3) is 1.00. The third-order valence-corrected chi connectivity index (χ3v) is 2.99. The van der Waals surface area contributed by atoms with Gasteiger partial charge in [-0.15, -0.1) is 0 Å². The average Bonchev–Trinajstić information content (AvgIpc) is 2.03.